The van der Waals surface area contributed by atoms with Crippen molar-refractivity contribution in [3.05, 3.63) is 0 Å². The molecule has 0 spiro atoms. The molecule has 1 aliphatic heterocycles. The van der Waals surface area contributed by atoms with E-state index in [-0.39, 0.29) is 6.42 Å². The van der Waals surface area contributed by atoms with Crippen LogP contribution in [0.2, 0.25) is 0 Å². The second kappa shape index (κ2) is 5.12. The molecule has 92 valence electrons. The van der Waals surface area contributed by atoms with Crippen LogP contribution in [0.3, 0.4) is 0 Å². The number of nitrogens with zero attached hydrogens (tertiary/aromatic N) is 1. The SMILES string of the molecule is O=C(O)CC(O)CN1CCOC2CCCC21. The summed E-state index contributed by atoms with van der Waals surface area (Å²) in [5.74, 6) is -0.941. The third-order valence-electron chi connectivity index (χ3n) is 3.45. The molecular weight excluding hydrogens is 210 g/mol. The van der Waals surface area contributed by atoms with Crippen molar-refractivity contribution in [3.63, 3.8) is 0 Å². The van der Waals surface area contributed by atoms with E-state index in [0.717, 1.165) is 19.4 Å². The Kier molecular flexibility index (Phi) is 3.78. The quantitative estimate of drug-likeness (QED) is 0.714. The zero-order valence-corrected chi connectivity index (χ0v) is 9.34. The van der Waals surface area contributed by atoms with E-state index in [1.807, 2.05) is 0 Å². The molecule has 2 rings (SSSR count). The largest absolute Gasteiger partial charge is 0.481 e. The fourth-order valence-electron chi connectivity index (χ4n) is 2.77. The van der Waals surface area contributed by atoms with E-state index < -0.39 is 12.1 Å². The van der Waals surface area contributed by atoms with Crippen molar-refractivity contribution >= 4 is 5.97 Å². The Bertz CT molecular complexity index is 258. The van der Waals surface area contributed by atoms with Gasteiger partial charge in [0.2, 0.25) is 0 Å². The molecular formula is C11H19NO4. The molecule has 2 aliphatic rings. The lowest BCUT2D eigenvalue weighted by molar-refractivity contribution is -0.140. The summed E-state index contributed by atoms with van der Waals surface area (Å²) in [6, 6.07) is 0.386. The number of carboxylic acid groups (broad SMARTS) is 1. The van der Waals surface area contributed by atoms with Crippen LogP contribution >= 0.6 is 0 Å². The molecule has 16 heavy (non-hydrogen) atoms. The van der Waals surface area contributed by atoms with Gasteiger partial charge in [-0.1, -0.05) is 0 Å². The van der Waals surface area contributed by atoms with Crippen LogP contribution in [0.15, 0.2) is 0 Å². The van der Waals surface area contributed by atoms with Crippen LogP contribution in [0, 0.1) is 0 Å². The first-order valence-corrected chi connectivity index (χ1v) is 5.92. The lowest BCUT2D eigenvalue weighted by Gasteiger charge is -2.38. The number of carboxylic acids is 1. The number of aliphatic hydroxyl groups is 1. The highest BCUT2D eigenvalue weighted by molar-refractivity contribution is 5.67. The van der Waals surface area contributed by atoms with E-state index in [1.54, 1.807) is 0 Å². The number of carbonyl (C=O) groups is 1. The van der Waals surface area contributed by atoms with Crippen LogP contribution < -0.4 is 0 Å². The number of aliphatic hydroxyl groups excluding tert-OH is 1. The Labute approximate surface area is 95.0 Å². The van der Waals surface area contributed by atoms with Crippen LogP contribution in [0.25, 0.3) is 0 Å². The van der Waals surface area contributed by atoms with Gasteiger partial charge in [0, 0.05) is 19.1 Å². The number of ether oxygens (including phenoxy) is 1. The second-order valence-corrected chi connectivity index (χ2v) is 4.65. The van der Waals surface area contributed by atoms with E-state index in [0.29, 0.717) is 25.3 Å². The molecule has 5 nitrogen and oxygen atoms in total. The van der Waals surface area contributed by atoms with E-state index >= 15 is 0 Å². The lowest BCUT2D eigenvalue weighted by atomic mass is 10.1. The molecule has 0 aromatic carbocycles. The standard InChI is InChI=1S/C11H19NO4/c13-8(6-11(14)15)7-12-4-5-16-10-3-1-2-9(10)12/h8-10,13H,1-7H2,(H,14,15). The number of β-amino-alcohol motifs (C(OH)–C–C–N with tert-alkyl or cyclic N) is 1. The number of rotatable bonds is 4. The lowest BCUT2D eigenvalue weighted by Crippen LogP contribution is -2.51. The molecule has 3 atom stereocenters. The third kappa shape index (κ3) is 2.72. The predicted molar refractivity (Wildman–Crippen MR) is 57.2 cm³/mol. The monoisotopic (exact) mass is 229 g/mol. The molecule has 0 radical (unpaired) electrons. The minimum Gasteiger partial charge on any atom is -0.481 e. The van der Waals surface area contributed by atoms with E-state index in [4.69, 9.17) is 9.84 Å². The highest BCUT2D eigenvalue weighted by Crippen LogP contribution is 2.29. The van der Waals surface area contributed by atoms with Crippen molar-refractivity contribution in [1.29, 1.82) is 0 Å². The van der Waals surface area contributed by atoms with Gasteiger partial charge in [-0.25, -0.2) is 0 Å². The van der Waals surface area contributed by atoms with Gasteiger partial charge in [-0.3, -0.25) is 9.69 Å². The van der Waals surface area contributed by atoms with Gasteiger partial charge < -0.3 is 14.9 Å². The van der Waals surface area contributed by atoms with Crippen molar-refractivity contribution in [2.75, 3.05) is 19.7 Å². The van der Waals surface area contributed by atoms with Gasteiger partial charge in [0.1, 0.15) is 0 Å². The number of hydrogen-bond donors (Lipinski definition) is 2. The Morgan fingerprint density at radius 3 is 3.06 bits per heavy atom. The van der Waals surface area contributed by atoms with Crippen LogP contribution in [-0.4, -0.2) is 59.0 Å². The van der Waals surface area contributed by atoms with Gasteiger partial charge in [0.25, 0.3) is 0 Å². The molecule has 1 heterocycles. The minimum atomic E-state index is -0.941. The second-order valence-electron chi connectivity index (χ2n) is 4.65. The summed E-state index contributed by atoms with van der Waals surface area (Å²) in [6.07, 6.45) is 2.72. The first-order valence-electron chi connectivity index (χ1n) is 5.92. The number of morpholine rings is 1. The van der Waals surface area contributed by atoms with Gasteiger partial charge in [-0.2, -0.15) is 0 Å². The Morgan fingerprint density at radius 2 is 2.31 bits per heavy atom. The molecule has 5 heteroatoms. The van der Waals surface area contributed by atoms with Gasteiger partial charge in [-0.15, -0.1) is 0 Å². The Hall–Kier alpha value is -0.650. The summed E-state index contributed by atoms with van der Waals surface area (Å²) < 4.78 is 5.66. The average Bonchev–Trinajstić information content (AvgIpc) is 2.65. The number of hydrogen-bond acceptors (Lipinski definition) is 4. The zero-order valence-electron chi connectivity index (χ0n) is 9.34. The molecule has 0 bridgehead atoms. The fourth-order valence-corrected chi connectivity index (χ4v) is 2.77. The molecule has 3 unspecified atom stereocenters. The van der Waals surface area contributed by atoms with Gasteiger partial charge in [-0.05, 0) is 19.3 Å². The summed E-state index contributed by atoms with van der Waals surface area (Å²) in [5, 5.41) is 18.2. The Morgan fingerprint density at radius 1 is 1.50 bits per heavy atom. The average molecular weight is 229 g/mol. The van der Waals surface area contributed by atoms with Crippen molar-refractivity contribution in [2.24, 2.45) is 0 Å². The number of fused-ring (bicyclic) bond motifs is 1. The molecule has 1 saturated heterocycles. The van der Waals surface area contributed by atoms with Gasteiger partial charge in [0.15, 0.2) is 0 Å². The maximum absolute atomic E-state index is 10.5. The normalized spacial score (nSPS) is 32.3. The van der Waals surface area contributed by atoms with E-state index in [1.165, 1.54) is 6.42 Å². The molecule has 1 saturated carbocycles. The molecule has 0 amide bonds. The third-order valence-corrected chi connectivity index (χ3v) is 3.45. The smallest absolute Gasteiger partial charge is 0.306 e. The van der Waals surface area contributed by atoms with Gasteiger partial charge >= 0.3 is 5.97 Å². The van der Waals surface area contributed by atoms with Crippen molar-refractivity contribution in [1.82, 2.24) is 4.90 Å². The van der Waals surface area contributed by atoms with Crippen molar-refractivity contribution < 1.29 is 19.7 Å². The highest BCUT2D eigenvalue weighted by Gasteiger charge is 2.36. The Balaban J connectivity index is 1.85. The summed E-state index contributed by atoms with van der Waals surface area (Å²) in [4.78, 5) is 12.7. The highest BCUT2D eigenvalue weighted by atomic mass is 16.5. The molecule has 2 N–H and O–H groups in total. The van der Waals surface area contributed by atoms with E-state index in [2.05, 4.69) is 4.90 Å². The molecule has 0 aromatic rings. The van der Waals surface area contributed by atoms with Crippen LogP contribution in [0.4, 0.5) is 0 Å². The van der Waals surface area contributed by atoms with E-state index in [9.17, 15) is 9.90 Å². The summed E-state index contributed by atoms with van der Waals surface area (Å²) in [5.41, 5.74) is 0. The summed E-state index contributed by atoms with van der Waals surface area (Å²) in [6.45, 7) is 1.95. The molecule has 2 fully saturated rings. The van der Waals surface area contributed by atoms with Crippen LogP contribution in [0.5, 0.6) is 0 Å². The molecule has 0 aromatic heterocycles. The zero-order chi connectivity index (χ0) is 11.5. The molecule has 1 aliphatic carbocycles. The first kappa shape index (κ1) is 11.8. The predicted octanol–water partition coefficient (Wildman–Crippen LogP) is 0.0753. The fraction of sp³-hybridized carbons (Fsp3) is 0.909. The minimum absolute atomic E-state index is 0.172. The summed E-state index contributed by atoms with van der Waals surface area (Å²) >= 11 is 0. The van der Waals surface area contributed by atoms with Crippen molar-refractivity contribution in [2.45, 2.75) is 43.9 Å². The topological polar surface area (TPSA) is 70.0 Å². The summed E-state index contributed by atoms with van der Waals surface area (Å²) in [7, 11) is 0. The van der Waals surface area contributed by atoms with Crippen molar-refractivity contribution in [3.8, 4) is 0 Å². The van der Waals surface area contributed by atoms with Crippen LogP contribution in [0.1, 0.15) is 25.7 Å². The number of aliphatic carboxylic acids is 1. The first-order chi connectivity index (χ1) is 7.66. The maximum Gasteiger partial charge on any atom is 0.306 e. The maximum atomic E-state index is 10.5. The van der Waals surface area contributed by atoms with Crippen LogP contribution in [-0.2, 0) is 9.53 Å². The van der Waals surface area contributed by atoms with Gasteiger partial charge in [0.05, 0.1) is 25.2 Å².